The van der Waals surface area contributed by atoms with E-state index >= 15 is 0 Å². The first-order chi connectivity index (χ1) is 10.3. The molecule has 112 valence electrons. The number of nitrogens with one attached hydrogen (secondary N) is 2. The van der Waals surface area contributed by atoms with Crippen molar-refractivity contribution in [3.63, 3.8) is 0 Å². The van der Waals surface area contributed by atoms with Gasteiger partial charge in [-0.3, -0.25) is 4.79 Å². The van der Waals surface area contributed by atoms with Crippen molar-refractivity contribution in [1.29, 1.82) is 0 Å². The predicted octanol–water partition coefficient (Wildman–Crippen LogP) is 0.531. The Kier molecular flexibility index (Phi) is 4.47. The van der Waals surface area contributed by atoms with Gasteiger partial charge < -0.3 is 19.9 Å². The van der Waals surface area contributed by atoms with E-state index in [2.05, 4.69) is 26.3 Å². The number of hydrogen-bond acceptors (Lipinski definition) is 4. The van der Waals surface area contributed by atoms with Crippen LogP contribution in [0.3, 0.4) is 0 Å². The third kappa shape index (κ3) is 3.40. The summed E-state index contributed by atoms with van der Waals surface area (Å²) < 4.78 is 7.40. The van der Waals surface area contributed by atoms with Crippen molar-refractivity contribution in [3.8, 4) is 0 Å². The van der Waals surface area contributed by atoms with Crippen LogP contribution in [-0.4, -0.2) is 47.8 Å². The van der Waals surface area contributed by atoms with Gasteiger partial charge in [0.15, 0.2) is 0 Å². The number of morpholine rings is 1. The zero-order chi connectivity index (χ0) is 14.5. The first-order valence-electron chi connectivity index (χ1n) is 7.33. The maximum absolute atomic E-state index is 11.9. The lowest BCUT2D eigenvalue weighted by Gasteiger charge is -2.22. The highest BCUT2D eigenvalue weighted by Crippen LogP contribution is 2.11. The highest BCUT2D eigenvalue weighted by molar-refractivity contribution is 5.81. The molecule has 2 N–H and O–H groups in total. The fraction of sp³-hybridized carbons (Fsp3) is 0.467. The lowest BCUT2D eigenvalue weighted by atomic mass is 10.2. The number of para-hydroxylation sites is 2. The summed E-state index contributed by atoms with van der Waals surface area (Å²) in [7, 11) is 0. The number of hydrogen-bond donors (Lipinski definition) is 2. The van der Waals surface area contributed by atoms with Crippen LogP contribution in [0.2, 0.25) is 0 Å². The van der Waals surface area contributed by atoms with Crippen molar-refractivity contribution < 1.29 is 9.53 Å². The van der Waals surface area contributed by atoms with Crippen LogP contribution in [0.15, 0.2) is 30.6 Å². The molecule has 2 heterocycles. The SMILES string of the molecule is O=C(NCCCn1cnc2ccccc21)C1COCCN1. The monoisotopic (exact) mass is 288 g/mol. The van der Waals surface area contributed by atoms with E-state index in [1.54, 1.807) is 0 Å². The Morgan fingerprint density at radius 3 is 3.24 bits per heavy atom. The van der Waals surface area contributed by atoms with Crippen LogP contribution in [0.1, 0.15) is 6.42 Å². The molecule has 0 saturated carbocycles. The molecule has 6 heteroatoms. The van der Waals surface area contributed by atoms with Crippen LogP contribution >= 0.6 is 0 Å². The molecule has 6 nitrogen and oxygen atoms in total. The number of carbonyl (C=O) groups excluding carboxylic acids is 1. The second-order valence-corrected chi connectivity index (χ2v) is 5.15. The lowest BCUT2D eigenvalue weighted by molar-refractivity contribution is -0.125. The first kappa shape index (κ1) is 14.0. The molecule has 1 unspecified atom stereocenters. The Balaban J connectivity index is 1.44. The number of imidazole rings is 1. The zero-order valence-electron chi connectivity index (χ0n) is 11.9. The molecule has 1 fully saturated rings. The molecule has 1 aromatic carbocycles. The van der Waals surface area contributed by atoms with Crippen LogP contribution in [0, 0.1) is 0 Å². The molecular formula is C15H20N4O2. The smallest absolute Gasteiger partial charge is 0.239 e. The van der Waals surface area contributed by atoms with Gasteiger partial charge >= 0.3 is 0 Å². The number of benzene rings is 1. The van der Waals surface area contributed by atoms with Crippen molar-refractivity contribution >= 4 is 16.9 Å². The summed E-state index contributed by atoms with van der Waals surface area (Å²) in [4.78, 5) is 16.3. The van der Waals surface area contributed by atoms with Gasteiger partial charge in [0.05, 0.1) is 30.6 Å². The Bertz CT molecular complexity index is 604. The highest BCUT2D eigenvalue weighted by atomic mass is 16.5. The lowest BCUT2D eigenvalue weighted by Crippen LogP contribution is -2.51. The summed E-state index contributed by atoms with van der Waals surface area (Å²) in [5.41, 5.74) is 2.14. The van der Waals surface area contributed by atoms with Crippen LogP contribution in [0.25, 0.3) is 11.0 Å². The van der Waals surface area contributed by atoms with E-state index < -0.39 is 0 Å². The third-order valence-corrected chi connectivity index (χ3v) is 3.64. The van der Waals surface area contributed by atoms with Gasteiger partial charge in [-0.05, 0) is 18.6 Å². The molecule has 1 aromatic heterocycles. The second kappa shape index (κ2) is 6.69. The average Bonchev–Trinajstić information content (AvgIpc) is 2.95. The minimum absolute atomic E-state index is 0.0187. The summed E-state index contributed by atoms with van der Waals surface area (Å²) in [6, 6.07) is 7.84. The molecule has 3 rings (SSSR count). The minimum atomic E-state index is -0.215. The Labute approximate surface area is 123 Å². The van der Waals surface area contributed by atoms with E-state index in [1.165, 1.54) is 0 Å². The van der Waals surface area contributed by atoms with E-state index in [0.717, 1.165) is 30.5 Å². The summed E-state index contributed by atoms with van der Waals surface area (Å²) in [5.74, 6) is 0.0187. The van der Waals surface area contributed by atoms with Gasteiger partial charge in [0, 0.05) is 19.6 Å². The van der Waals surface area contributed by atoms with Crippen LogP contribution in [-0.2, 0) is 16.1 Å². The molecule has 1 saturated heterocycles. The van der Waals surface area contributed by atoms with E-state index in [-0.39, 0.29) is 11.9 Å². The number of aromatic nitrogens is 2. The fourth-order valence-corrected chi connectivity index (χ4v) is 2.51. The van der Waals surface area contributed by atoms with E-state index in [4.69, 9.17) is 4.74 Å². The standard InChI is InChI=1S/C15H20N4O2/c20-15(13-10-21-9-7-16-13)17-6-3-8-19-11-18-12-4-1-2-5-14(12)19/h1-2,4-5,11,13,16H,3,6-10H2,(H,17,20). The van der Waals surface area contributed by atoms with Gasteiger partial charge in [0.25, 0.3) is 0 Å². The molecule has 1 aliphatic rings. The van der Waals surface area contributed by atoms with E-state index in [1.807, 2.05) is 24.5 Å². The number of rotatable bonds is 5. The van der Waals surface area contributed by atoms with Crippen LogP contribution < -0.4 is 10.6 Å². The molecule has 0 radical (unpaired) electrons. The molecular weight excluding hydrogens is 268 g/mol. The molecule has 0 bridgehead atoms. The molecule has 2 aromatic rings. The number of nitrogens with zero attached hydrogens (tertiary/aromatic N) is 2. The maximum atomic E-state index is 11.9. The number of fused-ring (bicyclic) bond motifs is 1. The summed E-state index contributed by atoms with van der Waals surface area (Å²) >= 11 is 0. The van der Waals surface area contributed by atoms with E-state index in [0.29, 0.717) is 19.8 Å². The predicted molar refractivity (Wildman–Crippen MR) is 80.0 cm³/mol. The molecule has 1 amide bonds. The topological polar surface area (TPSA) is 68.2 Å². The molecule has 0 aliphatic carbocycles. The largest absolute Gasteiger partial charge is 0.378 e. The van der Waals surface area contributed by atoms with Crippen LogP contribution in [0.5, 0.6) is 0 Å². The van der Waals surface area contributed by atoms with Crippen molar-refractivity contribution in [3.05, 3.63) is 30.6 Å². The second-order valence-electron chi connectivity index (χ2n) is 5.15. The van der Waals surface area contributed by atoms with Crippen LogP contribution in [0.4, 0.5) is 0 Å². The minimum Gasteiger partial charge on any atom is -0.378 e. The molecule has 1 aliphatic heterocycles. The molecule has 1 atom stereocenters. The van der Waals surface area contributed by atoms with Gasteiger partial charge in [-0.25, -0.2) is 4.98 Å². The van der Waals surface area contributed by atoms with Crippen molar-refractivity contribution in [2.75, 3.05) is 26.3 Å². The summed E-state index contributed by atoms with van der Waals surface area (Å²) in [6.07, 6.45) is 2.72. The number of aryl methyl sites for hydroxylation is 1. The van der Waals surface area contributed by atoms with E-state index in [9.17, 15) is 4.79 Å². The zero-order valence-corrected chi connectivity index (χ0v) is 11.9. The quantitative estimate of drug-likeness (QED) is 0.788. The third-order valence-electron chi connectivity index (χ3n) is 3.64. The molecule has 0 spiro atoms. The van der Waals surface area contributed by atoms with Crippen molar-refractivity contribution in [2.24, 2.45) is 0 Å². The highest BCUT2D eigenvalue weighted by Gasteiger charge is 2.20. The number of carbonyl (C=O) groups is 1. The summed E-state index contributed by atoms with van der Waals surface area (Å²) in [6.45, 7) is 3.37. The Hall–Kier alpha value is -1.92. The molecule has 21 heavy (non-hydrogen) atoms. The van der Waals surface area contributed by atoms with Gasteiger partial charge in [-0.15, -0.1) is 0 Å². The maximum Gasteiger partial charge on any atom is 0.239 e. The Morgan fingerprint density at radius 2 is 2.38 bits per heavy atom. The fourth-order valence-electron chi connectivity index (χ4n) is 2.51. The van der Waals surface area contributed by atoms with Gasteiger partial charge in [-0.2, -0.15) is 0 Å². The average molecular weight is 288 g/mol. The van der Waals surface area contributed by atoms with Gasteiger partial charge in [0.2, 0.25) is 5.91 Å². The van der Waals surface area contributed by atoms with Gasteiger partial charge in [-0.1, -0.05) is 12.1 Å². The Morgan fingerprint density at radius 1 is 1.48 bits per heavy atom. The summed E-state index contributed by atoms with van der Waals surface area (Å²) in [5, 5.41) is 6.09. The normalized spacial score (nSPS) is 18.8. The van der Waals surface area contributed by atoms with Crippen molar-refractivity contribution in [2.45, 2.75) is 19.0 Å². The number of ether oxygens (including phenoxy) is 1. The number of amides is 1. The first-order valence-corrected chi connectivity index (χ1v) is 7.33. The van der Waals surface area contributed by atoms with Crippen molar-refractivity contribution in [1.82, 2.24) is 20.2 Å². The van der Waals surface area contributed by atoms with Gasteiger partial charge in [0.1, 0.15) is 6.04 Å².